The molecule has 0 aliphatic rings. The Balaban J connectivity index is 2.93. The third-order valence-electron chi connectivity index (χ3n) is 2.02. The van der Waals surface area contributed by atoms with E-state index in [0.29, 0.717) is 18.0 Å². The summed E-state index contributed by atoms with van der Waals surface area (Å²) >= 11 is 3.26. The van der Waals surface area contributed by atoms with E-state index in [9.17, 15) is 14.9 Å². The van der Waals surface area contributed by atoms with Crippen LogP contribution in [0.25, 0.3) is 0 Å². The Bertz CT molecular complexity index is 451. The molecule has 1 aromatic rings. The van der Waals surface area contributed by atoms with Crippen molar-refractivity contribution in [2.24, 2.45) is 0 Å². The lowest BCUT2D eigenvalue weighted by atomic mass is 10.2. The van der Waals surface area contributed by atoms with E-state index >= 15 is 0 Å². The van der Waals surface area contributed by atoms with Gasteiger partial charge in [-0.05, 0) is 12.5 Å². The van der Waals surface area contributed by atoms with Crippen molar-refractivity contribution in [2.45, 2.75) is 13.3 Å². The van der Waals surface area contributed by atoms with Crippen molar-refractivity contribution < 1.29 is 14.5 Å². The van der Waals surface area contributed by atoms with Crippen molar-refractivity contribution >= 4 is 33.2 Å². The van der Waals surface area contributed by atoms with E-state index in [2.05, 4.69) is 21.2 Å². The summed E-state index contributed by atoms with van der Waals surface area (Å²) in [4.78, 5) is 21.2. The predicted molar refractivity (Wildman–Crippen MR) is 71.3 cm³/mol. The zero-order valence-electron chi connectivity index (χ0n) is 9.81. The lowest BCUT2D eigenvalue weighted by Gasteiger charge is -2.11. The molecule has 0 aromatic heterocycles. The molecule has 0 aliphatic heterocycles. The van der Waals surface area contributed by atoms with Gasteiger partial charge in [-0.15, -0.1) is 0 Å². The highest BCUT2D eigenvalue weighted by atomic mass is 79.9. The van der Waals surface area contributed by atoms with Crippen molar-refractivity contribution in [2.75, 3.05) is 17.3 Å². The summed E-state index contributed by atoms with van der Waals surface area (Å²) in [5.41, 5.74) is 0.362. The van der Waals surface area contributed by atoms with E-state index < -0.39 is 4.92 Å². The lowest BCUT2D eigenvalue weighted by molar-refractivity contribution is -0.384. The Hall–Kier alpha value is -1.63. The molecule has 0 bridgehead atoms. The highest BCUT2D eigenvalue weighted by Gasteiger charge is 2.12. The smallest absolute Gasteiger partial charge is 0.273 e. The Labute approximate surface area is 113 Å². The van der Waals surface area contributed by atoms with Crippen LogP contribution in [0.3, 0.4) is 0 Å². The molecule has 0 aliphatic carbocycles. The number of carbonyl (C=O) groups is 1. The number of nitrogens with one attached hydrogen (secondary N) is 1. The minimum absolute atomic E-state index is 0.0713. The molecule has 0 radical (unpaired) electrons. The number of non-ortho nitro benzene ring substituents is 1. The van der Waals surface area contributed by atoms with Crippen molar-refractivity contribution in [1.82, 2.24) is 0 Å². The van der Waals surface area contributed by atoms with Crippen LogP contribution in [-0.2, 0) is 4.79 Å². The van der Waals surface area contributed by atoms with E-state index in [1.807, 2.05) is 0 Å². The molecular formula is C11H13BrN2O4. The fourth-order valence-corrected chi connectivity index (χ4v) is 1.50. The molecule has 0 unspecified atom stereocenters. The van der Waals surface area contributed by atoms with Gasteiger partial charge in [0.2, 0.25) is 5.91 Å². The maximum atomic E-state index is 11.0. The van der Waals surface area contributed by atoms with Gasteiger partial charge in [-0.2, -0.15) is 0 Å². The van der Waals surface area contributed by atoms with Crippen molar-refractivity contribution in [3.63, 3.8) is 0 Å². The first-order valence-electron chi connectivity index (χ1n) is 5.29. The van der Waals surface area contributed by atoms with Gasteiger partial charge >= 0.3 is 0 Å². The van der Waals surface area contributed by atoms with Gasteiger partial charge in [0.15, 0.2) is 0 Å². The Morgan fingerprint density at radius 1 is 1.56 bits per heavy atom. The van der Waals surface area contributed by atoms with Gasteiger partial charge in [0.25, 0.3) is 5.69 Å². The molecule has 1 rings (SSSR count). The third kappa shape index (κ3) is 4.33. The molecule has 98 valence electrons. The molecule has 1 N–H and O–H groups in total. The minimum Gasteiger partial charge on any atom is -0.491 e. The number of rotatable bonds is 6. The maximum Gasteiger partial charge on any atom is 0.273 e. The van der Waals surface area contributed by atoms with Crippen LogP contribution >= 0.6 is 15.9 Å². The highest BCUT2D eigenvalue weighted by Crippen LogP contribution is 2.29. The zero-order valence-corrected chi connectivity index (χ0v) is 11.4. The van der Waals surface area contributed by atoms with Crippen molar-refractivity contribution in [1.29, 1.82) is 0 Å². The molecule has 0 saturated heterocycles. The second-order valence-corrected chi connectivity index (χ2v) is 4.30. The second-order valence-electron chi connectivity index (χ2n) is 3.51. The summed E-state index contributed by atoms with van der Waals surface area (Å²) in [6.45, 7) is 1.78. The topological polar surface area (TPSA) is 81.5 Å². The molecule has 7 heteroatoms. The number of hydrogen-bond acceptors (Lipinski definition) is 4. The first-order chi connectivity index (χ1) is 8.54. The van der Waals surface area contributed by atoms with E-state index in [-0.39, 0.29) is 11.6 Å². The quantitative estimate of drug-likeness (QED) is 0.378. The number of nitro benzene ring substituents is 1. The van der Waals surface area contributed by atoms with Crippen molar-refractivity contribution in [3.8, 4) is 5.75 Å². The van der Waals surface area contributed by atoms with Crippen LogP contribution in [0, 0.1) is 10.1 Å². The van der Waals surface area contributed by atoms with Crippen LogP contribution in [-0.4, -0.2) is 22.8 Å². The maximum absolute atomic E-state index is 11.0. The predicted octanol–water partition coefficient (Wildman–Crippen LogP) is 2.72. The number of nitro groups is 1. The number of amides is 1. The van der Waals surface area contributed by atoms with Crippen LogP contribution in [0.4, 0.5) is 11.4 Å². The number of anilines is 1. The van der Waals surface area contributed by atoms with Gasteiger partial charge in [0.1, 0.15) is 5.75 Å². The van der Waals surface area contributed by atoms with E-state index in [1.165, 1.54) is 25.1 Å². The van der Waals surface area contributed by atoms with Gasteiger partial charge in [0.05, 0.1) is 23.3 Å². The summed E-state index contributed by atoms with van der Waals surface area (Å²) in [7, 11) is 0. The van der Waals surface area contributed by atoms with Gasteiger partial charge in [-0.3, -0.25) is 14.9 Å². The fraction of sp³-hybridized carbons (Fsp3) is 0.364. The van der Waals surface area contributed by atoms with Gasteiger partial charge in [0, 0.05) is 18.3 Å². The van der Waals surface area contributed by atoms with Gasteiger partial charge in [-0.1, -0.05) is 15.9 Å². The largest absolute Gasteiger partial charge is 0.491 e. The van der Waals surface area contributed by atoms with Crippen LogP contribution in [0.2, 0.25) is 0 Å². The Morgan fingerprint density at radius 3 is 2.83 bits per heavy atom. The van der Waals surface area contributed by atoms with E-state index in [1.54, 1.807) is 0 Å². The second kappa shape index (κ2) is 6.95. The van der Waals surface area contributed by atoms with Crippen molar-refractivity contribution in [3.05, 3.63) is 28.3 Å². The Kier molecular flexibility index (Phi) is 5.57. The SMILES string of the molecule is CC(=O)Nc1ccc([N+](=O)[O-])cc1OCCCBr. The molecule has 6 nitrogen and oxygen atoms in total. The summed E-state index contributed by atoms with van der Waals surface area (Å²) in [5, 5.41) is 14.0. The Morgan fingerprint density at radius 2 is 2.28 bits per heavy atom. The highest BCUT2D eigenvalue weighted by molar-refractivity contribution is 9.09. The van der Waals surface area contributed by atoms with Gasteiger partial charge < -0.3 is 10.1 Å². The first-order valence-corrected chi connectivity index (χ1v) is 6.41. The summed E-state index contributed by atoms with van der Waals surface area (Å²) < 4.78 is 5.42. The molecule has 0 heterocycles. The average molecular weight is 317 g/mol. The number of carbonyl (C=O) groups excluding carboxylic acids is 1. The molecule has 1 aromatic carbocycles. The van der Waals surface area contributed by atoms with Crippen LogP contribution < -0.4 is 10.1 Å². The van der Waals surface area contributed by atoms with Crippen LogP contribution in [0.15, 0.2) is 18.2 Å². The molecule has 18 heavy (non-hydrogen) atoms. The standard InChI is InChI=1S/C11H13BrN2O4/c1-8(15)13-10-4-3-9(14(16)17)7-11(10)18-6-2-5-12/h3-4,7H,2,5-6H2,1H3,(H,13,15). The number of alkyl halides is 1. The molecule has 0 spiro atoms. The summed E-state index contributed by atoms with van der Waals surface area (Å²) in [5.74, 6) is 0.0505. The average Bonchev–Trinajstić information content (AvgIpc) is 2.30. The monoisotopic (exact) mass is 316 g/mol. The summed E-state index contributed by atoms with van der Waals surface area (Å²) in [6.07, 6.45) is 0.766. The normalized spacial score (nSPS) is 9.89. The van der Waals surface area contributed by atoms with E-state index in [0.717, 1.165) is 11.8 Å². The minimum atomic E-state index is -0.505. The number of hydrogen-bond donors (Lipinski definition) is 1. The fourth-order valence-electron chi connectivity index (χ4n) is 1.27. The number of benzene rings is 1. The molecular weight excluding hydrogens is 304 g/mol. The molecule has 0 saturated carbocycles. The number of ether oxygens (including phenoxy) is 1. The number of halogens is 1. The molecule has 0 atom stereocenters. The molecule has 1 amide bonds. The van der Waals surface area contributed by atoms with E-state index in [4.69, 9.17) is 4.74 Å². The lowest BCUT2D eigenvalue weighted by Crippen LogP contribution is -2.09. The number of nitrogens with zero attached hydrogens (tertiary/aromatic N) is 1. The third-order valence-corrected chi connectivity index (χ3v) is 2.58. The van der Waals surface area contributed by atoms with Gasteiger partial charge in [-0.25, -0.2) is 0 Å². The summed E-state index contributed by atoms with van der Waals surface area (Å²) in [6, 6.07) is 4.09. The zero-order chi connectivity index (χ0) is 13.5. The first kappa shape index (κ1) is 14.4. The molecule has 0 fully saturated rings. The van der Waals surface area contributed by atoms with Crippen LogP contribution in [0.5, 0.6) is 5.75 Å². The van der Waals surface area contributed by atoms with Crippen LogP contribution in [0.1, 0.15) is 13.3 Å².